The van der Waals surface area contributed by atoms with Crippen LogP contribution in [-0.2, 0) is 0 Å². The third kappa shape index (κ3) is 1.89. The minimum atomic E-state index is 0.653. The molecule has 1 aliphatic rings. The number of piperidine rings is 1. The summed E-state index contributed by atoms with van der Waals surface area (Å²) in [6.45, 7) is 2.22. The summed E-state index contributed by atoms with van der Waals surface area (Å²) in [4.78, 5) is 7.66. The molecule has 0 spiro atoms. The number of pyridine rings is 1. The van der Waals surface area contributed by atoms with Crippen LogP contribution < -0.4 is 10.1 Å². The zero-order valence-corrected chi connectivity index (χ0v) is 9.99. The Bertz CT molecular complexity index is 514. The van der Waals surface area contributed by atoms with Crippen molar-refractivity contribution in [3.05, 3.63) is 23.9 Å². The Balaban J connectivity index is 1.99. The van der Waals surface area contributed by atoms with Crippen molar-refractivity contribution in [2.24, 2.45) is 0 Å². The van der Waals surface area contributed by atoms with Crippen molar-refractivity contribution in [1.29, 1.82) is 0 Å². The van der Waals surface area contributed by atoms with Gasteiger partial charge in [0.25, 0.3) is 0 Å². The Morgan fingerprint density at radius 3 is 2.88 bits per heavy atom. The van der Waals surface area contributed by atoms with E-state index >= 15 is 0 Å². The lowest BCUT2D eigenvalue weighted by atomic mass is 9.90. The summed E-state index contributed by atoms with van der Waals surface area (Å²) in [5.41, 5.74) is 2.33. The summed E-state index contributed by atoms with van der Waals surface area (Å²) in [7, 11) is 1.64. The van der Waals surface area contributed by atoms with Gasteiger partial charge >= 0.3 is 0 Å². The smallest absolute Gasteiger partial charge is 0.214 e. The molecule has 3 heterocycles. The van der Waals surface area contributed by atoms with E-state index in [-0.39, 0.29) is 0 Å². The normalized spacial score (nSPS) is 17.5. The Morgan fingerprint density at radius 2 is 2.12 bits per heavy atom. The molecular weight excluding hydrogens is 214 g/mol. The van der Waals surface area contributed by atoms with E-state index in [0.717, 1.165) is 18.7 Å². The second-order valence-electron chi connectivity index (χ2n) is 4.52. The molecule has 0 aromatic carbocycles. The highest BCUT2D eigenvalue weighted by Crippen LogP contribution is 2.31. The first-order valence-corrected chi connectivity index (χ1v) is 6.11. The Labute approximate surface area is 100 Å². The minimum Gasteiger partial charge on any atom is -0.481 e. The molecule has 90 valence electrons. The summed E-state index contributed by atoms with van der Waals surface area (Å²) < 4.78 is 5.14. The highest BCUT2D eigenvalue weighted by molar-refractivity contribution is 5.80. The summed E-state index contributed by atoms with van der Waals surface area (Å²) in [5.74, 6) is 1.32. The summed E-state index contributed by atoms with van der Waals surface area (Å²) in [5, 5.41) is 4.63. The molecule has 1 aliphatic heterocycles. The molecule has 2 aromatic rings. The lowest BCUT2D eigenvalue weighted by molar-refractivity contribution is 0.399. The van der Waals surface area contributed by atoms with Gasteiger partial charge in [0.15, 0.2) is 0 Å². The van der Waals surface area contributed by atoms with Crippen LogP contribution in [0, 0.1) is 0 Å². The Hall–Kier alpha value is -1.55. The van der Waals surface area contributed by atoms with Crippen LogP contribution in [0.1, 0.15) is 24.3 Å². The van der Waals surface area contributed by atoms with Gasteiger partial charge in [0, 0.05) is 17.6 Å². The standard InChI is InChI=1S/C13H17N3O/c1-17-12-3-2-10-11(8-15-13(10)16-12)9-4-6-14-7-5-9/h2-3,8-9,14H,4-7H2,1H3,(H,15,16). The molecule has 1 saturated heterocycles. The molecular formula is C13H17N3O. The number of H-pyrrole nitrogens is 1. The van der Waals surface area contributed by atoms with Crippen molar-refractivity contribution in [1.82, 2.24) is 15.3 Å². The first-order valence-electron chi connectivity index (χ1n) is 6.11. The minimum absolute atomic E-state index is 0.653. The molecule has 3 rings (SSSR count). The van der Waals surface area contributed by atoms with Crippen molar-refractivity contribution in [2.45, 2.75) is 18.8 Å². The number of ether oxygens (including phenoxy) is 1. The maximum atomic E-state index is 5.14. The zero-order valence-electron chi connectivity index (χ0n) is 9.99. The van der Waals surface area contributed by atoms with Crippen molar-refractivity contribution in [2.75, 3.05) is 20.2 Å². The van der Waals surface area contributed by atoms with E-state index < -0.39 is 0 Å². The molecule has 0 atom stereocenters. The lowest BCUT2D eigenvalue weighted by Crippen LogP contribution is -2.26. The number of fused-ring (bicyclic) bond motifs is 1. The number of nitrogens with zero attached hydrogens (tertiary/aromatic N) is 1. The van der Waals surface area contributed by atoms with Crippen LogP contribution >= 0.6 is 0 Å². The van der Waals surface area contributed by atoms with Crippen molar-refractivity contribution in [3.63, 3.8) is 0 Å². The fourth-order valence-corrected chi connectivity index (χ4v) is 2.59. The van der Waals surface area contributed by atoms with Crippen molar-refractivity contribution >= 4 is 11.0 Å². The monoisotopic (exact) mass is 231 g/mol. The average molecular weight is 231 g/mol. The Kier molecular flexibility index (Phi) is 2.73. The fourth-order valence-electron chi connectivity index (χ4n) is 2.59. The summed E-state index contributed by atoms with van der Waals surface area (Å²) in [6.07, 6.45) is 4.52. The van der Waals surface area contributed by atoms with Gasteiger partial charge in [-0.25, -0.2) is 0 Å². The number of aromatic amines is 1. The number of hydrogen-bond donors (Lipinski definition) is 2. The zero-order chi connectivity index (χ0) is 11.7. The molecule has 0 amide bonds. The maximum absolute atomic E-state index is 5.14. The molecule has 1 fully saturated rings. The lowest BCUT2D eigenvalue weighted by Gasteiger charge is -2.22. The van der Waals surface area contributed by atoms with Crippen molar-refractivity contribution in [3.8, 4) is 5.88 Å². The molecule has 2 aromatic heterocycles. The molecule has 4 nitrogen and oxygen atoms in total. The molecule has 0 bridgehead atoms. The van der Waals surface area contributed by atoms with Crippen LogP contribution in [0.25, 0.3) is 11.0 Å². The number of aromatic nitrogens is 2. The Morgan fingerprint density at radius 1 is 1.29 bits per heavy atom. The maximum Gasteiger partial charge on any atom is 0.214 e. The quantitative estimate of drug-likeness (QED) is 0.831. The van der Waals surface area contributed by atoms with Crippen LogP contribution in [0.15, 0.2) is 18.3 Å². The average Bonchev–Trinajstić information content (AvgIpc) is 2.82. The topological polar surface area (TPSA) is 49.9 Å². The summed E-state index contributed by atoms with van der Waals surface area (Å²) >= 11 is 0. The number of nitrogens with one attached hydrogen (secondary N) is 2. The van der Waals surface area contributed by atoms with Crippen LogP contribution in [0.5, 0.6) is 5.88 Å². The van der Waals surface area contributed by atoms with Crippen molar-refractivity contribution < 1.29 is 4.74 Å². The van der Waals surface area contributed by atoms with Gasteiger partial charge in [-0.3, -0.25) is 0 Å². The van der Waals surface area contributed by atoms with Gasteiger partial charge in [-0.2, -0.15) is 4.98 Å². The third-order valence-corrected chi connectivity index (χ3v) is 3.53. The number of hydrogen-bond acceptors (Lipinski definition) is 3. The number of rotatable bonds is 2. The van der Waals surface area contributed by atoms with Gasteiger partial charge in [-0.1, -0.05) is 0 Å². The van der Waals surface area contributed by atoms with E-state index in [9.17, 15) is 0 Å². The van der Waals surface area contributed by atoms with Crippen LogP contribution in [0.4, 0.5) is 0 Å². The second-order valence-corrected chi connectivity index (χ2v) is 4.52. The fraction of sp³-hybridized carbons (Fsp3) is 0.462. The first-order chi connectivity index (χ1) is 8.38. The molecule has 0 saturated carbocycles. The highest BCUT2D eigenvalue weighted by Gasteiger charge is 2.18. The predicted molar refractivity (Wildman–Crippen MR) is 67.5 cm³/mol. The first kappa shape index (κ1) is 10.6. The van der Waals surface area contributed by atoms with Gasteiger partial charge < -0.3 is 15.0 Å². The van der Waals surface area contributed by atoms with Crippen LogP contribution in [0.3, 0.4) is 0 Å². The second kappa shape index (κ2) is 4.37. The summed E-state index contributed by atoms with van der Waals surface area (Å²) in [6, 6.07) is 4.04. The molecule has 4 heteroatoms. The largest absolute Gasteiger partial charge is 0.481 e. The van der Waals surface area contributed by atoms with E-state index in [1.807, 2.05) is 6.07 Å². The van der Waals surface area contributed by atoms with E-state index in [4.69, 9.17) is 4.74 Å². The van der Waals surface area contributed by atoms with Crippen LogP contribution in [0.2, 0.25) is 0 Å². The van der Waals surface area contributed by atoms with E-state index in [1.165, 1.54) is 23.8 Å². The molecule has 17 heavy (non-hydrogen) atoms. The number of methoxy groups -OCH3 is 1. The van der Waals surface area contributed by atoms with E-state index in [0.29, 0.717) is 11.8 Å². The molecule has 0 unspecified atom stereocenters. The SMILES string of the molecule is COc1ccc2c(C3CCNCC3)c[nH]c2n1. The molecule has 0 aliphatic carbocycles. The van der Waals surface area contributed by atoms with Gasteiger partial charge in [-0.15, -0.1) is 0 Å². The van der Waals surface area contributed by atoms with Crippen LogP contribution in [-0.4, -0.2) is 30.2 Å². The van der Waals surface area contributed by atoms with Gasteiger partial charge in [0.05, 0.1) is 7.11 Å². The highest BCUT2D eigenvalue weighted by atomic mass is 16.5. The van der Waals surface area contributed by atoms with Gasteiger partial charge in [-0.05, 0) is 43.5 Å². The van der Waals surface area contributed by atoms with E-state index in [1.54, 1.807) is 7.11 Å². The van der Waals surface area contributed by atoms with Gasteiger partial charge in [0.2, 0.25) is 5.88 Å². The third-order valence-electron chi connectivity index (χ3n) is 3.53. The molecule has 0 radical (unpaired) electrons. The van der Waals surface area contributed by atoms with Gasteiger partial charge in [0.1, 0.15) is 5.65 Å². The van der Waals surface area contributed by atoms with E-state index in [2.05, 4.69) is 27.5 Å². The predicted octanol–water partition coefficient (Wildman–Crippen LogP) is 2.04. The molecule has 2 N–H and O–H groups in total.